The summed E-state index contributed by atoms with van der Waals surface area (Å²) in [5.41, 5.74) is 1.25. The summed E-state index contributed by atoms with van der Waals surface area (Å²) in [6.07, 6.45) is 3.72. The fourth-order valence-corrected chi connectivity index (χ4v) is 6.29. The molecule has 0 unspecified atom stereocenters. The quantitative estimate of drug-likeness (QED) is 0.597. The molecule has 0 saturated heterocycles. The van der Waals surface area contributed by atoms with Crippen molar-refractivity contribution < 1.29 is 52.4 Å². The summed E-state index contributed by atoms with van der Waals surface area (Å²) in [4.78, 5) is 11.9. The molecule has 0 bridgehead atoms. The molecule has 2 aliphatic rings. The number of aliphatic carboxylic acids is 1. The van der Waals surface area contributed by atoms with Gasteiger partial charge >= 0.3 is 35.5 Å². The third-order valence-electron chi connectivity index (χ3n) is 6.86. The molecule has 144 valence electrons. The molecule has 3 rings (SSSR count). The number of fused-ring (bicyclic) bond motifs is 3. The SMILES string of the molecule is CC(C)c1cc2c(cc1S(=O)(=O)[O-])[C@@]1(C)CCC[C@@](C)(C(=O)O)[C@@H]1CC2.[Na+]. The number of carbonyl (C=O) groups is 1. The zero-order chi connectivity index (χ0) is 19.5. The fourth-order valence-electron chi connectivity index (χ4n) is 5.44. The Balaban J connectivity index is 0.00000261. The molecule has 0 spiro atoms. The number of aryl methyl sites for hydroxylation is 1. The third-order valence-corrected chi connectivity index (χ3v) is 7.76. The normalized spacial score (nSPS) is 30.2. The van der Waals surface area contributed by atoms with Crippen molar-refractivity contribution in [2.45, 2.75) is 76.0 Å². The van der Waals surface area contributed by atoms with E-state index < -0.39 is 26.9 Å². The van der Waals surface area contributed by atoms with Crippen LogP contribution < -0.4 is 29.6 Å². The fraction of sp³-hybridized carbons (Fsp3) is 0.650. The van der Waals surface area contributed by atoms with E-state index in [1.54, 1.807) is 6.07 Å². The molecule has 2 aliphatic carbocycles. The number of hydrogen-bond donors (Lipinski definition) is 1. The van der Waals surface area contributed by atoms with Gasteiger partial charge in [0.05, 0.1) is 10.3 Å². The Morgan fingerprint density at radius 2 is 1.89 bits per heavy atom. The molecule has 5 nitrogen and oxygen atoms in total. The molecular formula is C20H27NaO5S. The molecule has 1 fully saturated rings. The van der Waals surface area contributed by atoms with Gasteiger partial charge in [-0.05, 0) is 72.6 Å². The van der Waals surface area contributed by atoms with Gasteiger partial charge < -0.3 is 9.66 Å². The van der Waals surface area contributed by atoms with E-state index in [1.165, 1.54) is 0 Å². The number of hydrogen-bond acceptors (Lipinski definition) is 4. The zero-order valence-corrected chi connectivity index (χ0v) is 19.6. The van der Waals surface area contributed by atoms with E-state index in [-0.39, 0.29) is 46.3 Å². The van der Waals surface area contributed by atoms with E-state index in [0.717, 1.165) is 36.8 Å². The molecule has 0 radical (unpaired) electrons. The van der Waals surface area contributed by atoms with Crippen molar-refractivity contribution in [3.8, 4) is 0 Å². The minimum Gasteiger partial charge on any atom is -0.744 e. The van der Waals surface area contributed by atoms with Crippen LogP contribution in [-0.4, -0.2) is 24.0 Å². The Hall–Kier alpha value is -0.400. The first kappa shape index (κ1) is 22.9. The van der Waals surface area contributed by atoms with E-state index in [9.17, 15) is 22.9 Å². The molecule has 0 aromatic heterocycles. The second kappa shape index (κ2) is 7.45. The standard InChI is InChI=1S/C20H28O5S.Na/c1-12(2)14-10-13-6-7-17-19(3,8-5-9-20(17,4)18(21)22)15(13)11-16(14)26(23,24)25;/h10-12,17H,5-9H2,1-4H3,(H,21,22)(H,23,24,25);/q;+1/p-1/t17-,19-,20-;/m1./s1. The topological polar surface area (TPSA) is 94.5 Å². The number of carboxylic acids is 1. The van der Waals surface area contributed by atoms with Crippen molar-refractivity contribution >= 4 is 16.1 Å². The second-order valence-electron chi connectivity index (χ2n) is 8.74. The number of rotatable bonds is 3. The number of carboxylic acid groups (broad SMARTS) is 1. The van der Waals surface area contributed by atoms with Gasteiger partial charge in [0.25, 0.3) is 0 Å². The van der Waals surface area contributed by atoms with E-state index in [4.69, 9.17) is 0 Å². The van der Waals surface area contributed by atoms with Gasteiger partial charge in [-0.15, -0.1) is 0 Å². The van der Waals surface area contributed by atoms with Crippen LogP contribution in [0.3, 0.4) is 0 Å². The van der Waals surface area contributed by atoms with E-state index in [2.05, 4.69) is 0 Å². The molecule has 7 heteroatoms. The molecule has 0 aliphatic heterocycles. The van der Waals surface area contributed by atoms with Crippen LogP contribution in [0.2, 0.25) is 0 Å². The van der Waals surface area contributed by atoms with E-state index in [1.807, 2.05) is 33.8 Å². The van der Waals surface area contributed by atoms with Crippen molar-refractivity contribution in [2.24, 2.45) is 11.3 Å². The first-order valence-electron chi connectivity index (χ1n) is 9.28. The molecule has 1 saturated carbocycles. The van der Waals surface area contributed by atoms with Gasteiger partial charge in [-0.3, -0.25) is 4.79 Å². The number of benzene rings is 1. The van der Waals surface area contributed by atoms with Crippen molar-refractivity contribution in [1.82, 2.24) is 0 Å². The van der Waals surface area contributed by atoms with Gasteiger partial charge in [0.15, 0.2) is 0 Å². The van der Waals surface area contributed by atoms with E-state index in [0.29, 0.717) is 12.0 Å². The summed E-state index contributed by atoms with van der Waals surface area (Å²) >= 11 is 0. The average Bonchev–Trinajstić information content (AvgIpc) is 2.52. The third kappa shape index (κ3) is 3.64. The monoisotopic (exact) mass is 402 g/mol. The second-order valence-corrected chi connectivity index (χ2v) is 10.1. The van der Waals surface area contributed by atoms with E-state index >= 15 is 0 Å². The van der Waals surface area contributed by atoms with Crippen molar-refractivity contribution in [2.75, 3.05) is 0 Å². The van der Waals surface area contributed by atoms with Gasteiger partial charge in [-0.1, -0.05) is 33.3 Å². The molecule has 1 aromatic rings. The van der Waals surface area contributed by atoms with Gasteiger partial charge in [0, 0.05) is 0 Å². The predicted molar refractivity (Wildman–Crippen MR) is 97.3 cm³/mol. The first-order valence-corrected chi connectivity index (χ1v) is 10.7. The maximum Gasteiger partial charge on any atom is 1.00 e. The Bertz CT molecular complexity index is 863. The molecule has 27 heavy (non-hydrogen) atoms. The summed E-state index contributed by atoms with van der Waals surface area (Å²) in [5.74, 6) is -0.923. The summed E-state index contributed by atoms with van der Waals surface area (Å²) in [5, 5.41) is 9.85. The minimum atomic E-state index is -4.59. The minimum absolute atomic E-state index is 0. The van der Waals surface area contributed by atoms with Gasteiger partial charge in [-0.25, -0.2) is 8.42 Å². The van der Waals surface area contributed by atoms with Crippen LogP contribution in [0.15, 0.2) is 17.0 Å². The Morgan fingerprint density at radius 3 is 2.41 bits per heavy atom. The van der Waals surface area contributed by atoms with Crippen LogP contribution in [0.5, 0.6) is 0 Å². The Labute approximate surface area is 184 Å². The molecule has 0 amide bonds. The zero-order valence-electron chi connectivity index (χ0n) is 16.8. The predicted octanol–water partition coefficient (Wildman–Crippen LogP) is 0.813. The molecule has 0 heterocycles. The summed E-state index contributed by atoms with van der Waals surface area (Å²) in [6, 6.07) is 3.44. The van der Waals surface area contributed by atoms with Gasteiger partial charge in [0.2, 0.25) is 0 Å². The maximum absolute atomic E-state index is 12.0. The van der Waals surface area contributed by atoms with Crippen molar-refractivity contribution in [3.05, 3.63) is 28.8 Å². The Kier molecular flexibility index (Phi) is 6.31. The van der Waals surface area contributed by atoms with Crippen LogP contribution in [0.1, 0.15) is 76.0 Å². The van der Waals surface area contributed by atoms with Crippen LogP contribution in [-0.2, 0) is 26.7 Å². The molecule has 1 aromatic carbocycles. The largest absolute Gasteiger partial charge is 1.00 e. The summed E-state index contributed by atoms with van der Waals surface area (Å²) in [6.45, 7) is 7.63. The van der Waals surface area contributed by atoms with Crippen molar-refractivity contribution in [1.29, 1.82) is 0 Å². The maximum atomic E-state index is 12.0. The van der Waals surface area contributed by atoms with Crippen LogP contribution in [0.4, 0.5) is 0 Å². The average molecular weight is 402 g/mol. The van der Waals surface area contributed by atoms with Crippen LogP contribution in [0.25, 0.3) is 0 Å². The molecular weight excluding hydrogens is 375 g/mol. The molecule has 3 atom stereocenters. The smallest absolute Gasteiger partial charge is 0.744 e. The summed E-state index contributed by atoms with van der Waals surface area (Å²) < 4.78 is 35.7. The van der Waals surface area contributed by atoms with Crippen molar-refractivity contribution in [3.63, 3.8) is 0 Å². The summed E-state index contributed by atoms with van der Waals surface area (Å²) in [7, 11) is -4.59. The van der Waals surface area contributed by atoms with Gasteiger partial charge in [0.1, 0.15) is 10.1 Å². The molecule has 1 N–H and O–H groups in total. The first-order chi connectivity index (χ1) is 11.9. The van der Waals surface area contributed by atoms with Crippen LogP contribution in [0, 0.1) is 11.3 Å². The Morgan fingerprint density at radius 1 is 1.26 bits per heavy atom. The van der Waals surface area contributed by atoms with Crippen LogP contribution >= 0.6 is 0 Å². The van der Waals surface area contributed by atoms with Gasteiger partial charge in [-0.2, -0.15) is 0 Å².